The molecule has 0 unspecified atom stereocenters. The van der Waals surface area contributed by atoms with Crippen LogP contribution in [-0.4, -0.2) is 25.0 Å². The molecule has 0 bridgehead atoms. The van der Waals surface area contributed by atoms with E-state index in [4.69, 9.17) is 0 Å². The van der Waals surface area contributed by atoms with Crippen LogP contribution in [0.2, 0.25) is 0 Å². The van der Waals surface area contributed by atoms with Gasteiger partial charge in [0.1, 0.15) is 6.04 Å². The first kappa shape index (κ1) is 24.0. The van der Waals surface area contributed by atoms with Gasteiger partial charge in [0, 0.05) is 15.6 Å². The molecule has 1 N–H and O–H groups in total. The van der Waals surface area contributed by atoms with Crippen LogP contribution >= 0.6 is 22.6 Å². The SMILES string of the molecule is COC(=O)[C@@H](Cc1ccccc1I)NC(=O)c1cc(C(F)(F)F)cc(C(F)(F)F)c1. The van der Waals surface area contributed by atoms with Crippen LogP contribution in [0.1, 0.15) is 27.0 Å². The van der Waals surface area contributed by atoms with Crippen LogP contribution in [0, 0.1) is 3.57 Å². The van der Waals surface area contributed by atoms with Crippen LogP contribution < -0.4 is 5.32 Å². The van der Waals surface area contributed by atoms with Crippen molar-refractivity contribution in [3.05, 3.63) is 68.3 Å². The first-order chi connectivity index (χ1) is 13.8. The molecule has 30 heavy (non-hydrogen) atoms. The van der Waals surface area contributed by atoms with Crippen LogP contribution in [0.3, 0.4) is 0 Å². The summed E-state index contributed by atoms with van der Waals surface area (Å²) >= 11 is 1.99. The minimum absolute atomic E-state index is 0.0668. The number of halogens is 7. The molecule has 0 fully saturated rings. The normalized spacial score (nSPS) is 12.9. The number of benzene rings is 2. The van der Waals surface area contributed by atoms with Gasteiger partial charge in [0.05, 0.1) is 18.2 Å². The zero-order valence-electron chi connectivity index (χ0n) is 15.2. The maximum Gasteiger partial charge on any atom is 0.416 e. The lowest BCUT2D eigenvalue weighted by Crippen LogP contribution is -2.43. The average Bonchev–Trinajstić information content (AvgIpc) is 2.66. The minimum Gasteiger partial charge on any atom is -0.467 e. The lowest BCUT2D eigenvalue weighted by Gasteiger charge is -2.19. The number of hydrogen-bond acceptors (Lipinski definition) is 3. The monoisotopic (exact) mass is 545 g/mol. The highest BCUT2D eigenvalue weighted by Crippen LogP contribution is 2.36. The molecule has 1 atom stereocenters. The highest BCUT2D eigenvalue weighted by Gasteiger charge is 2.38. The van der Waals surface area contributed by atoms with Crippen LogP contribution in [0.5, 0.6) is 0 Å². The lowest BCUT2D eigenvalue weighted by atomic mass is 10.0. The molecule has 0 aliphatic rings. The van der Waals surface area contributed by atoms with E-state index in [2.05, 4.69) is 10.1 Å². The van der Waals surface area contributed by atoms with Gasteiger partial charge in [-0.3, -0.25) is 4.79 Å². The molecule has 11 heteroatoms. The van der Waals surface area contributed by atoms with Crippen molar-refractivity contribution in [3.63, 3.8) is 0 Å². The van der Waals surface area contributed by atoms with Crippen molar-refractivity contribution >= 4 is 34.5 Å². The van der Waals surface area contributed by atoms with E-state index in [1.807, 2.05) is 22.6 Å². The maximum absolute atomic E-state index is 13.0. The third-order valence-corrected chi connectivity index (χ3v) is 5.08. The smallest absolute Gasteiger partial charge is 0.416 e. The molecule has 2 rings (SSSR count). The Bertz CT molecular complexity index is 910. The van der Waals surface area contributed by atoms with Crippen LogP contribution in [-0.2, 0) is 28.3 Å². The third-order valence-electron chi connectivity index (χ3n) is 4.02. The van der Waals surface area contributed by atoms with Gasteiger partial charge in [-0.15, -0.1) is 0 Å². The van der Waals surface area contributed by atoms with Gasteiger partial charge in [0.15, 0.2) is 0 Å². The summed E-state index contributed by atoms with van der Waals surface area (Å²) < 4.78 is 83.4. The van der Waals surface area contributed by atoms with E-state index >= 15 is 0 Å². The highest BCUT2D eigenvalue weighted by atomic mass is 127. The van der Waals surface area contributed by atoms with E-state index in [-0.39, 0.29) is 12.5 Å². The molecule has 4 nitrogen and oxygen atoms in total. The molecular formula is C19H14F6INO3. The van der Waals surface area contributed by atoms with E-state index in [9.17, 15) is 35.9 Å². The van der Waals surface area contributed by atoms with E-state index in [0.29, 0.717) is 17.7 Å². The van der Waals surface area contributed by atoms with Crippen molar-refractivity contribution in [1.29, 1.82) is 0 Å². The second kappa shape index (κ2) is 9.23. The molecule has 0 aromatic heterocycles. The van der Waals surface area contributed by atoms with Gasteiger partial charge in [-0.2, -0.15) is 26.3 Å². The molecule has 0 saturated carbocycles. The Labute approximate surface area is 180 Å². The quantitative estimate of drug-likeness (QED) is 0.333. The van der Waals surface area contributed by atoms with Crippen molar-refractivity contribution < 1.29 is 40.7 Å². The van der Waals surface area contributed by atoms with Crippen molar-refractivity contribution in [1.82, 2.24) is 5.32 Å². The standard InChI is InChI=1S/C19H14F6INO3/c1-30-17(29)15(8-10-4-2-3-5-14(10)26)27-16(28)11-6-12(18(20,21)22)9-13(7-11)19(23,24)25/h2-7,9,15H,8H2,1H3,(H,27,28)/t15-/m1/s1. The fraction of sp³-hybridized carbons (Fsp3) is 0.263. The third kappa shape index (κ3) is 6.09. The number of rotatable bonds is 5. The largest absolute Gasteiger partial charge is 0.467 e. The number of alkyl halides is 6. The van der Waals surface area contributed by atoms with Crippen molar-refractivity contribution in [3.8, 4) is 0 Å². The fourth-order valence-corrected chi connectivity index (χ4v) is 3.15. The predicted octanol–water partition coefficient (Wildman–Crippen LogP) is 4.84. The lowest BCUT2D eigenvalue weighted by molar-refractivity contribution is -0.144. The van der Waals surface area contributed by atoms with Crippen LogP contribution in [0.25, 0.3) is 0 Å². The Morgan fingerprint density at radius 2 is 1.53 bits per heavy atom. The summed E-state index contributed by atoms with van der Waals surface area (Å²) in [7, 11) is 1.05. The number of esters is 1. The molecule has 0 aliphatic carbocycles. The molecule has 0 radical (unpaired) electrons. The summed E-state index contributed by atoms with van der Waals surface area (Å²) in [5, 5.41) is 2.17. The van der Waals surface area contributed by atoms with E-state index in [1.165, 1.54) is 0 Å². The van der Waals surface area contributed by atoms with E-state index in [0.717, 1.165) is 10.7 Å². The summed E-state index contributed by atoms with van der Waals surface area (Å²) in [6, 6.07) is 6.00. The molecule has 0 spiro atoms. The second-order valence-corrected chi connectivity index (χ2v) is 7.30. The van der Waals surface area contributed by atoms with Gasteiger partial charge < -0.3 is 10.1 Å². The molecule has 2 aromatic carbocycles. The number of methoxy groups -OCH3 is 1. The molecular weight excluding hydrogens is 531 g/mol. The highest BCUT2D eigenvalue weighted by molar-refractivity contribution is 14.1. The Morgan fingerprint density at radius 1 is 1.00 bits per heavy atom. The van der Waals surface area contributed by atoms with Gasteiger partial charge in [-0.1, -0.05) is 18.2 Å². The van der Waals surface area contributed by atoms with Gasteiger partial charge in [-0.05, 0) is 52.4 Å². The van der Waals surface area contributed by atoms with Gasteiger partial charge in [0.25, 0.3) is 5.91 Å². The second-order valence-electron chi connectivity index (χ2n) is 6.14. The minimum atomic E-state index is -5.10. The topological polar surface area (TPSA) is 55.4 Å². The van der Waals surface area contributed by atoms with Crippen LogP contribution in [0.15, 0.2) is 42.5 Å². The fourth-order valence-electron chi connectivity index (χ4n) is 2.55. The number of amides is 1. The Hall–Kier alpha value is -2.31. The van der Waals surface area contributed by atoms with Crippen molar-refractivity contribution in [2.45, 2.75) is 24.8 Å². The van der Waals surface area contributed by atoms with Gasteiger partial charge in [-0.25, -0.2) is 4.79 Å². The van der Waals surface area contributed by atoms with Crippen molar-refractivity contribution in [2.24, 2.45) is 0 Å². The number of ether oxygens (including phenoxy) is 1. The van der Waals surface area contributed by atoms with Gasteiger partial charge in [0.2, 0.25) is 0 Å². The van der Waals surface area contributed by atoms with Crippen LogP contribution in [0.4, 0.5) is 26.3 Å². The Kier molecular flexibility index (Phi) is 7.37. The van der Waals surface area contributed by atoms with Crippen molar-refractivity contribution in [2.75, 3.05) is 7.11 Å². The zero-order valence-corrected chi connectivity index (χ0v) is 17.4. The zero-order chi connectivity index (χ0) is 22.7. The van der Waals surface area contributed by atoms with Gasteiger partial charge >= 0.3 is 18.3 Å². The maximum atomic E-state index is 13.0. The molecule has 162 valence electrons. The van der Waals surface area contributed by atoms with E-state index < -0.39 is 47.0 Å². The van der Waals surface area contributed by atoms with E-state index in [1.54, 1.807) is 24.3 Å². The molecule has 1 amide bonds. The first-order valence-electron chi connectivity index (χ1n) is 8.24. The number of hydrogen-bond donors (Lipinski definition) is 1. The summed E-state index contributed by atoms with van der Waals surface area (Å²) in [5.41, 5.74) is -3.51. The Morgan fingerprint density at radius 3 is 2.00 bits per heavy atom. The summed E-state index contributed by atoms with van der Waals surface area (Å²) in [6.45, 7) is 0. The summed E-state index contributed by atoms with van der Waals surface area (Å²) in [4.78, 5) is 24.5. The molecule has 0 aliphatic heterocycles. The average molecular weight is 545 g/mol. The number of nitrogens with one attached hydrogen (secondary N) is 1. The first-order valence-corrected chi connectivity index (χ1v) is 9.32. The predicted molar refractivity (Wildman–Crippen MR) is 103 cm³/mol. The number of carbonyl (C=O) groups excluding carboxylic acids is 2. The number of carbonyl (C=O) groups is 2. The molecule has 0 saturated heterocycles. The molecule has 2 aromatic rings. The summed E-state index contributed by atoms with van der Waals surface area (Å²) in [5.74, 6) is -2.17. The Balaban J connectivity index is 2.39. The molecule has 0 heterocycles. The summed E-state index contributed by atoms with van der Waals surface area (Å²) in [6.07, 6.45) is -10.3.